The quantitative estimate of drug-likeness (QED) is 0.304. The van der Waals surface area contributed by atoms with Gasteiger partial charge in [0.2, 0.25) is 0 Å². The summed E-state index contributed by atoms with van der Waals surface area (Å²) in [6.45, 7) is 9.04. The number of allylic oxidation sites excluding steroid dienone is 4. The van der Waals surface area contributed by atoms with E-state index in [1.807, 2.05) is 6.21 Å². The molecule has 0 aromatic heterocycles. The highest BCUT2D eigenvalue weighted by Crippen LogP contribution is 2.57. The normalized spacial score (nSPS) is 18.8. The van der Waals surface area contributed by atoms with E-state index in [1.165, 1.54) is 46.2 Å². The molecule has 0 amide bonds. The molecule has 0 saturated heterocycles. The zero-order chi connectivity index (χ0) is 27.9. The fraction of sp³-hybridized carbons (Fsp3) is 0.395. The first-order chi connectivity index (χ1) is 19.3. The molecule has 0 radical (unpaired) electrons. The highest BCUT2D eigenvalue weighted by molar-refractivity contribution is 5.85. The van der Waals surface area contributed by atoms with Gasteiger partial charge in [-0.05, 0) is 77.0 Å². The standard InChI is InChI=1S/C38H43NO/c1-37(2,3)34-24-26(23-27(36(34)40)25-39-29-15-7-8-16-29)21-22-38(4,28-13-5-6-14-28)35-32-19-11-9-17-30(32)31-18-10-12-20-33(31)35/h5,9-14,17-20,23-25,29,35,40H,6-8,15-16,21-22H2,1-4H3/b39-25+. The number of phenolic OH excluding ortho intramolecular Hbond substituents is 1. The molecule has 6 rings (SSSR count). The van der Waals surface area contributed by atoms with Crippen molar-refractivity contribution in [2.24, 2.45) is 10.4 Å². The minimum Gasteiger partial charge on any atom is -0.507 e. The zero-order valence-electron chi connectivity index (χ0n) is 24.6. The van der Waals surface area contributed by atoms with Crippen molar-refractivity contribution in [1.82, 2.24) is 0 Å². The van der Waals surface area contributed by atoms with Crippen LogP contribution in [0.15, 0.2) is 89.5 Å². The zero-order valence-corrected chi connectivity index (χ0v) is 24.6. The van der Waals surface area contributed by atoms with Crippen LogP contribution in [0.3, 0.4) is 0 Å². The Morgan fingerprint density at radius 1 is 0.900 bits per heavy atom. The first-order valence-corrected chi connectivity index (χ1v) is 15.2. The second-order valence-electron chi connectivity index (χ2n) is 13.4. The summed E-state index contributed by atoms with van der Waals surface area (Å²) >= 11 is 0. The summed E-state index contributed by atoms with van der Waals surface area (Å²) in [6, 6.07) is 22.8. The maximum absolute atomic E-state index is 11.3. The van der Waals surface area contributed by atoms with Crippen LogP contribution < -0.4 is 0 Å². The minimum atomic E-state index is -0.153. The number of aliphatic imine (C=N–C) groups is 1. The summed E-state index contributed by atoms with van der Waals surface area (Å²) in [4.78, 5) is 4.90. The summed E-state index contributed by atoms with van der Waals surface area (Å²) in [5.41, 5.74) is 10.0. The van der Waals surface area contributed by atoms with Crippen LogP contribution in [0.1, 0.15) is 100.0 Å². The van der Waals surface area contributed by atoms with E-state index < -0.39 is 0 Å². The number of phenols is 1. The van der Waals surface area contributed by atoms with Crippen LogP contribution in [-0.4, -0.2) is 17.4 Å². The maximum atomic E-state index is 11.3. The lowest BCUT2D eigenvalue weighted by molar-refractivity contribution is 0.330. The molecule has 1 saturated carbocycles. The van der Waals surface area contributed by atoms with E-state index in [0.29, 0.717) is 17.7 Å². The third kappa shape index (κ3) is 4.87. The van der Waals surface area contributed by atoms with Gasteiger partial charge >= 0.3 is 0 Å². The molecule has 40 heavy (non-hydrogen) atoms. The smallest absolute Gasteiger partial charge is 0.128 e. The van der Waals surface area contributed by atoms with Gasteiger partial charge < -0.3 is 5.11 Å². The van der Waals surface area contributed by atoms with Crippen LogP contribution in [0.2, 0.25) is 0 Å². The van der Waals surface area contributed by atoms with Gasteiger partial charge in [0.05, 0.1) is 0 Å². The van der Waals surface area contributed by atoms with Crippen molar-refractivity contribution < 1.29 is 5.11 Å². The molecule has 3 aliphatic rings. The summed E-state index contributed by atoms with van der Waals surface area (Å²) < 4.78 is 0. The van der Waals surface area contributed by atoms with Crippen molar-refractivity contribution in [3.8, 4) is 16.9 Å². The number of benzene rings is 3. The summed E-state index contributed by atoms with van der Waals surface area (Å²) in [6.07, 6.45) is 16.9. The number of fused-ring (bicyclic) bond motifs is 3. The average molecular weight is 530 g/mol. The van der Waals surface area contributed by atoms with Crippen molar-refractivity contribution in [3.63, 3.8) is 0 Å². The Balaban J connectivity index is 1.39. The predicted octanol–water partition coefficient (Wildman–Crippen LogP) is 9.69. The molecule has 1 atom stereocenters. The van der Waals surface area contributed by atoms with Crippen molar-refractivity contribution >= 4 is 6.21 Å². The Morgan fingerprint density at radius 3 is 2.15 bits per heavy atom. The van der Waals surface area contributed by atoms with Gasteiger partial charge in [-0.15, -0.1) is 0 Å². The molecule has 0 heterocycles. The monoisotopic (exact) mass is 529 g/mol. The SMILES string of the molecule is CC(C)(C)c1cc(CCC(C)(C2=CCC=C2)C2c3ccccc3-c3ccccc32)cc(/C=N/C2CCCC2)c1O. The first-order valence-electron chi connectivity index (χ1n) is 15.2. The number of aromatic hydroxyl groups is 1. The molecule has 2 nitrogen and oxygen atoms in total. The van der Waals surface area contributed by atoms with Crippen LogP contribution in [0.25, 0.3) is 11.1 Å². The van der Waals surface area contributed by atoms with Crippen molar-refractivity contribution in [2.45, 2.75) is 90.0 Å². The largest absolute Gasteiger partial charge is 0.507 e. The van der Waals surface area contributed by atoms with Gasteiger partial charge in [-0.1, -0.05) is 113 Å². The lowest BCUT2D eigenvalue weighted by atomic mass is 9.64. The highest BCUT2D eigenvalue weighted by atomic mass is 16.3. The number of hydrogen-bond acceptors (Lipinski definition) is 2. The second kappa shape index (κ2) is 10.5. The van der Waals surface area contributed by atoms with Gasteiger partial charge in [0.15, 0.2) is 0 Å². The van der Waals surface area contributed by atoms with Crippen LogP contribution >= 0.6 is 0 Å². The third-order valence-corrected chi connectivity index (χ3v) is 9.59. The maximum Gasteiger partial charge on any atom is 0.128 e. The van der Waals surface area contributed by atoms with Crippen LogP contribution in [0, 0.1) is 5.41 Å². The number of hydrogen-bond donors (Lipinski definition) is 1. The molecule has 0 spiro atoms. The molecule has 206 valence electrons. The lowest BCUT2D eigenvalue weighted by Crippen LogP contribution is -2.28. The molecule has 3 aromatic rings. The van der Waals surface area contributed by atoms with Gasteiger partial charge in [0.1, 0.15) is 5.75 Å². The summed E-state index contributed by atoms with van der Waals surface area (Å²) in [5, 5.41) is 11.3. The highest BCUT2D eigenvalue weighted by Gasteiger charge is 2.43. The fourth-order valence-electron chi connectivity index (χ4n) is 7.36. The van der Waals surface area contributed by atoms with E-state index in [9.17, 15) is 5.11 Å². The molecule has 3 aromatic carbocycles. The van der Waals surface area contributed by atoms with Crippen molar-refractivity contribution in [1.29, 1.82) is 0 Å². The molecule has 0 aliphatic heterocycles. The first kappa shape index (κ1) is 26.8. The van der Waals surface area contributed by atoms with Gasteiger partial charge in [-0.3, -0.25) is 4.99 Å². The van der Waals surface area contributed by atoms with Gasteiger partial charge in [-0.25, -0.2) is 0 Å². The molecule has 1 unspecified atom stereocenters. The Hall–Kier alpha value is -3.39. The summed E-state index contributed by atoms with van der Waals surface area (Å²) in [5.74, 6) is 0.692. The molecule has 2 heteroatoms. The van der Waals surface area contributed by atoms with E-state index >= 15 is 0 Å². The van der Waals surface area contributed by atoms with Crippen LogP contribution in [0.4, 0.5) is 0 Å². The van der Waals surface area contributed by atoms with E-state index in [-0.39, 0.29) is 10.8 Å². The van der Waals surface area contributed by atoms with E-state index in [2.05, 4.69) is 107 Å². The Bertz CT molecular complexity index is 1450. The van der Waals surface area contributed by atoms with Gasteiger partial charge in [-0.2, -0.15) is 0 Å². The van der Waals surface area contributed by atoms with Crippen molar-refractivity contribution in [3.05, 3.63) is 112 Å². The Morgan fingerprint density at radius 2 is 1.55 bits per heavy atom. The van der Waals surface area contributed by atoms with Gasteiger partial charge in [0.25, 0.3) is 0 Å². The summed E-state index contributed by atoms with van der Waals surface area (Å²) in [7, 11) is 0. The molecular weight excluding hydrogens is 486 g/mol. The second-order valence-corrected chi connectivity index (χ2v) is 13.4. The third-order valence-electron chi connectivity index (χ3n) is 9.59. The molecule has 1 fully saturated rings. The van der Waals surface area contributed by atoms with E-state index in [4.69, 9.17) is 4.99 Å². The number of nitrogens with zero attached hydrogens (tertiary/aromatic N) is 1. The van der Waals surface area contributed by atoms with Crippen molar-refractivity contribution in [2.75, 3.05) is 0 Å². The van der Waals surface area contributed by atoms with Crippen LogP contribution in [-0.2, 0) is 11.8 Å². The number of aryl methyl sites for hydroxylation is 1. The average Bonchev–Trinajstić information content (AvgIpc) is 3.72. The van der Waals surface area contributed by atoms with Crippen LogP contribution in [0.5, 0.6) is 5.75 Å². The minimum absolute atomic E-state index is 0.0619. The molecule has 3 aliphatic carbocycles. The molecular formula is C38H43NO. The topological polar surface area (TPSA) is 32.6 Å². The Labute approximate surface area is 240 Å². The predicted molar refractivity (Wildman–Crippen MR) is 169 cm³/mol. The number of rotatable bonds is 7. The molecule has 1 N–H and O–H groups in total. The van der Waals surface area contributed by atoms with E-state index in [1.54, 1.807) is 0 Å². The van der Waals surface area contributed by atoms with Gasteiger partial charge in [0, 0.05) is 34.7 Å². The Kier molecular flexibility index (Phi) is 7.07. The molecule has 0 bridgehead atoms. The van der Waals surface area contributed by atoms with E-state index in [0.717, 1.165) is 43.2 Å². The lowest BCUT2D eigenvalue weighted by Gasteiger charge is -2.38. The fourth-order valence-corrected chi connectivity index (χ4v) is 7.36.